The molecule has 3 unspecified atom stereocenters. The summed E-state index contributed by atoms with van der Waals surface area (Å²) in [6, 6.07) is 0. The fraction of sp³-hybridized carbons (Fsp3) is 0.579. The molecule has 0 aromatic carbocycles. The summed E-state index contributed by atoms with van der Waals surface area (Å²) >= 11 is 0. The van der Waals surface area contributed by atoms with E-state index in [0.717, 1.165) is 11.1 Å². The molecule has 5 heteroatoms. The van der Waals surface area contributed by atoms with Crippen LogP contribution in [0.3, 0.4) is 0 Å². The second kappa shape index (κ2) is 10.1. The summed E-state index contributed by atoms with van der Waals surface area (Å²) < 4.78 is 10.5. The predicted octanol–water partition coefficient (Wildman–Crippen LogP) is 3.48. The summed E-state index contributed by atoms with van der Waals surface area (Å²) in [5, 5.41) is 10.1. The lowest BCUT2D eigenvalue weighted by Crippen LogP contribution is -2.29. The maximum atomic E-state index is 11.3. The molecule has 5 nitrogen and oxygen atoms in total. The van der Waals surface area contributed by atoms with Crippen molar-refractivity contribution in [1.29, 1.82) is 0 Å². The SMILES string of the molecule is C=CC(C)(O)CC(C=C(C)CC(C=C(C)C)OC(C)=O)OC(C)=O. The van der Waals surface area contributed by atoms with Crippen LogP contribution in [-0.4, -0.2) is 34.9 Å². The standard InChI is InChI=1S/C19H30O5/c1-8-19(7,22)12-18(24-16(6)21)11-14(4)10-17(9-13(2)3)23-15(5)20/h8-9,11,17-18,22H,1,10,12H2,2-7H3. The van der Waals surface area contributed by atoms with E-state index in [1.54, 1.807) is 13.0 Å². The second-order valence-electron chi connectivity index (χ2n) is 6.52. The van der Waals surface area contributed by atoms with Crippen molar-refractivity contribution in [2.45, 2.75) is 72.2 Å². The molecule has 0 aliphatic carbocycles. The van der Waals surface area contributed by atoms with Gasteiger partial charge in [0.1, 0.15) is 12.2 Å². The van der Waals surface area contributed by atoms with Crippen molar-refractivity contribution >= 4 is 11.9 Å². The first kappa shape index (κ1) is 22.1. The number of carbonyl (C=O) groups excluding carboxylic acids is 2. The van der Waals surface area contributed by atoms with Crippen molar-refractivity contribution in [2.75, 3.05) is 0 Å². The summed E-state index contributed by atoms with van der Waals surface area (Å²) in [7, 11) is 0. The van der Waals surface area contributed by atoms with E-state index in [1.807, 2.05) is 26.8 Å². The maximum Gasteiger partial charge on any atom is 0.303 e. The number of ether oxygens (including phenoxy) is 2. The summed E-state index contributed by atoms with van der Waals surface area (Å²) in [6.45, 7) is 13.6. The van der Waals surface area contributed by atoms with Gasteiger partial charge in [-0.2, -0.15) is 0 Å². The molecule has 0 saturated heterocycles. The Bertz CT molecular complexity index is 510. The topological polar surface area (TPSA) is 72.8 Å². The Balaban J connectivity index is 5.21. The van der Waals surface area contributed by atoms with Gasteiger partial charge in [0, 0.05) is 26.7 Å². The molecule has 0 fully saturated rings. The minimum Gasteiger partial charge on any atom is -0.458 e. The Morgan fingerprint density at radius 2 is 1.54 bits per heavy atom. The molecule has 24 heavy (non-hydrogen) atoms. The van der Waals surface area contributed by atoms with Crippen LogP contribution in [-0.2, 0) is 19.1 Å². The van der Waals surface area contributed by atoms with E-state index in [1.165, 1.54) is 19.9 Å². The molecule has 0 saturated carbocycles. The monoisotopic (exact) mass is 338 g/mol. The van der Waals surface area contributed by atoms with E-state index < -0.39 is 17.7 Å². The highest BCUT2D eigenvalue weighted by atomic mass is 16.5. The van der Waals surface area contributed by atoms with Crippen molar-refractivity contribution in [1.82, 2.24) is 0 Å². The molecular weight excluding hydrogens is 308 g/mol. The fourth-order valence-electron chi connectivity index (χ4n) is 2.26. The number of rotatable bonds is 9. The smallest absolute Gasteiger partial charge is 0.303 e. The summed E-state index contributed by atoms with van der Waals surface area (Å²) in [5.74, 6) is -0.777. The minimum absolute atomic E-state index is 0.203. The Hall–Kier alpha value is -1.88. The molecule has 0 aliphatic heterocycles. The predicted molar refractivity (Wildman–Crippen MR) is 94.4 cm³/mol. The van der Waals surface area contributed by atoms with Crippen molar-refractivity contribution in [3.8, 4) is 0 Å². The first-order chi connectivity index (χ1) is 10.9. The average Bonchev–Trinajstić information content (AvgIpc) is 2.35. The van der Waals surface area contributed by atoms with Gasteiger partial charge in [-0.25, -0.2) is 0 Å². The molecule has 0 spiro atoms. The third-order valence-corrected chi connectivity index (χ3v) is 3.20. The molecule has 0 amide bonds. The molecule has 136 valence electrons. The normalized spacial score (nSPS) is 16.4. The molecule has 0 rings (SSSR count). The van der Waals surface area contributed by atoms with Gasteiger partial charge in [-0.15, -0.1) is 6.58 Å². The van der Waals surface area contributed by atoms with Crippen LogP contribution in [0.15, 0.2) is 36.0 Å². The Morgan fingerprint density at radius 3 is 1.96 bits per heavy atom. The van der Waals surface area contributed by atoms with Crippen LogP contribution in [0, 0.1) is 0 Å². The van der Waals surface area contributed by atoms with E-state index in [-0.39, 0.29) is 18.5 Å². The van der Waals surface area contributed by atoms with Crippen molar-refractivity contribution in [3.05, 3.63) is 36.0 Å². The molecular formula is C19H30O5. The van der Waals surface area contributed by atoms with E-state index in [4.69, 9.17) is 9.47 Å². The average molecular weight is 338 g/mol. The Kier molecular flexibility index (Phi) is 9.29. The zero-order chi connectivity index (χ0) is 18.9. The van der Waals surface area contributed by atoms with Crippen LogP contribution in [0.25, 0.3) is 0 Å². The quantitative estimate of drug-likeness (QED) is 0.515. The Labute approximate surface area is 145 Å². The molecule has 0 aliphatic rings. The minimum atomic E-state index is -1.15. The lowest BCUT2D eigenvalue weighted by atomic mass is 9.96. The van der Waals surface area contributed by atoms with Crippen LogP contribution in [0.2, 0.25) is 0 Å². The lowest BCUT2D eigenvalue weighted by Gasteiger charge is -2.24. The largest absolute Gasteiger partial charge is 0.458 e. The number of hydrogen-bond donors (Lipinski definition) is 1. The zero-order valence-corrected chi connectivity index (χ0v) is 15.6. The highest BCUT2D eigenvalue weighted by molar-refractivity contribution is 5.66. The number of carbonyl (C=O) groups is 2. The molecule has 0 heterocycles. The van der Waals surface area contributed by atoms with E-state index >= 15 is 0 Å². The second-order valence-corrected chi connectivity index (χ2v) is 6.52. The first-order valence-corrected chi connectivity index (χ1v) is 7.98. The number of allylic oxidation sites excluding steroid dienone is 1. The summed E-state index contributed by atoms with van der Waals surface area (Å²) in [5.41, 5.74) is 0.788. The molecule has 0 aromatic heterocycles. The van der Waals surface area contributed by atoms with Crippen molar-refractivity contribution < 1.29 is 24.2 Å². The molecule has 0 aromatic rings. The molecule has 0 bridgehead atoms. The lowest BCUT2D eigenvalue weighted by molar-refractivity contribution is -0.146. The van der Waals surface area contributed by atoms with Crippen LogP contribution in [0.4, 0.5) is 0 Å². The highest BCUT2D eigenvalue weighted by Gasteiger charge is 2.23. The number of aliphatic hydroxyl groups is 1. The fourth-order valence-corrected chi connectivity index (χ4v) is 2.26. The maximum absolute atomic E-state index is 11.3. The molecule has 3 atom stereocenters. The van der Waals surface area contributed by atoms with E-state index in [0.29, 0.717) is 6.42 Å². The summed E-state index contributed by atoms with van der Waals surface area (Å²) in [6.07, 6.45) is 4.79. The highest BCUT2D eigenvalue weighted by Crippen LogP contribution is 2.20. The van der Waals surface area contributed by atoms with Gasteiger partial charge in [-0.05, 0) is 39.8 Å². The third-order valence-electron chi connectivity index (χ3n) is 3.20. The van der Waals surface area contributed by atoms with Gasteiger partial charge < -0.3 is 14.6 Å². The van der Waals surface area contributed by atoms with Gasteiger partial charge >= 0.3 is 11.9 Å². The number of esters is 2. The van der Waals surface area contributed by atoms with Crippen LogP contribution < -0.4 is 0 Å². The van der Waals surface area contributed by atoms with Crippen LogP contribution in [0.5, 0.6) is 0 Å². The third kappa shape index (κ3) is 10.8. The van der Waals surface area contributed by atoms with Gasteiger partial charge in [0.05, 0.1) is 5.60 Å². The number of hydrogen-bond acceptors (Lipinski definition) is 5. The van der Waals surface area contributed by atoms with Crippen LogP contribution in [0.1, 0.15) is 54.4 Å². The van der Waals surface area contributed by atoms with Gasteiger partial charge in [-0.3, -0.25) is 9.59 Å². The van der Waals surface area contributed by atoms with Crippen molar-refractivity contribution in [2.24, 2.45) is 0 Å². The van der Waals surface area contributed by atoms with Gasteiger partial charge in [0.2, 0.25) is 0 Å². The Morgan fingerprint density at radius 1 is 1.04 bits per heavy atom. The van der Waals surface area contributed by atoms with Gasteiger partial charge in [0.25, 0.3) is 0 Å². The molecule has 1 N–H and O–H groups in total. The van der Waals surface area contributed by atoms with Crippen molar-refractivity contribution in [3.63, 3.8) is 0 Å². The summed E-state index contributed by atoms with van der Waals surface area (Å²) in [4.78, 5) is 22.5. The molecule has 0 radical (unpaired) electrons. The van der Waals surface area contributed by atoms with E-state index in [9.17, 15) is 14.7 Å². The zero-order valence-electron chi connectivity index (χ0n) is 15.6. The first-order valence-electron chi connectivity index (χ1n) is 7.98. The van der Waals surface area contributed by atoms with Gasteiger partial charge in [0.15, 0.2) is 0 Å². The van der Waals surface area contributed by atoms with E-state index in [2.05, 4.69) is 6.58 Å². The van der Waals surface area contributed by atoms with Crippen LogP contribution >= 0.6 is 0 Å². The van der Waals surface area contributed by atoms with Gasteiger partial charge in [-0.1, -0.05) is 17.2 Å².